The molecule has 3 amide bonds. The second-order valence-corrected chi connectivity index (χ2v) is 13.2. The van der Waals surface area contributed by atoms with Crippen molar-refractivity contribution >= 4 is 40.5 Å². The predicted molar refractivity (Wildman–Crippen MR) is 177 cm³/mol. The minimum absolute atomic E-state index is 0.00493. The Morgan fingerprint density at radius 3 is 2.60 bits per heavy atom. The molecule has 12 nitrogen and oxygen atoms in total. The fraction of sp³-hybridized carbons (Fsp3) is 0.371. The number of aromatic amines is 1. The molecule has 0 radical (unpaired) electrons. The molecule has 1 aliphatic carbocycles. The van der Waals surface area contributed by atoms with Crippen molar-refractivity contribution in [1.82, 2.24) is 25.3 Å². The van der Waals surface area contributed by atoms with Gasteiger partial charge < -0.3 is 29.2 Å². The summed E-state index contributed by atoms with van der Waals surface area (Å²) >= 11 is 0. The van der Waals surface area contributed by atoms with Crippen molar-refractivity contribution in [3.05, 3.63) is 82.7 Å². The van der Waals surface area contributed by atoms with E-state index in [-0.39, 0.29) is 40.6 Å². The van der Waals surface area contributed by atoms with Gasteiger partial charge in [-0.05, 0) is 43.3 Å². The number of carbonyl (C=O) groups is 3. The van der Waals surface area contributed by atoms with Gasteiger partial charge in [0.05, 0.1) is 11.7 Å². The fourth-order valence-corrected chi connectivity index (χ4v) is 6.00. The number of ketones is 1. The molecule has 0 spiro atoms. The molecule has 4 N–H and O–H groups in total. The molecule has 6 rings (SSSR count). The quantitative estimate of drug-likeness (QED) is 0.152. The van der Waals surface area contributed by atoms with Crippen LogP contribution in [0, 0.1) is 0 Å². The summed E-state index contributed by atoms with van der Waals surface area (Å²) in [6.45, 7) is 12.8. The van der Waals surface area contributed by atoms with E-state index < -0.39 is 6.03 Å². The van der Waals surface area contributed by atoms with Gasteiger partial charge in [-0.1, -0.05) is 45.0 Å². The summed E-state index contributed by atoms with van der Waals surface area (Å²) in [5.74, 6) is 1.39. The first-order chi connectivity index (χ1) is 22.4. The highest BCUT2D eigenvalue weighted by Gasteiger charge is 2.30. The standard InChI is InChI=1S/C35H40N6O6/c1-6-7-32(43)41-14-12-40(13-15-41)19-23-22-16-26(36-25(22)8-10-27(23)42)33(44)29-17-21-20(2)24(9-11-28(21)46-29)37-34(45)38-31-18-30(47-39-31)35(3,4)5/h6-11,16-18,20,24,36,42H,12-15,19H2,1-5H3,(H2,37,38,39,45)/b7-6+. The number of piperazine rings is 1. The number of hydrogen-bond acceptors (Lipinski definition) is 8. The number of nitrogens with one attached hydrogen (secondary N) is 3. The lowest BCUT2D eigenvalue weighted by Gasteiger charge is -2.34. The Labute approximate surface area is 272 Å². The summed E-state index contributed by atoms with van der Waals surface area (Å²) in [5, 5.41) is 21.2. The number of carbonyl (C=O) groups excluding carboxylic acids is 3. The lowest BCUT2D eigenvalue weighted by Crippen LogP contribution is -2.47. The molecule has 1 aromatic carbocycles. The summed E-state index contributed by atoms with van der Waals surface area (Å²) in [7, 11) is 0. The molecule has 47 heavy (non-hydrogen) atoms. The van der Waals surface area contributed by atoms with E-state index in [2.05, 4.69) is 25.7 Å². The number of furan rings is 1. The normalized spacial score (nSPS) is 18.5. The monoisotopic (exact) mass is 640 g/mol. The molecule has 0 saturated carbocycles. The highest BCUT2D eigenvalue weighted by molar-refractivity contribution is 6.09. The predicted octanol–water partition coefficient (Wildman–Crippen LogP) is 5.52. The number of phenols is 1. The maximum Gasteiger partial charge on any atom is 0.320 e. The number of anilines is 1. The third kappa shape index (κ3) is 6.59. The van der Waals surface area contributed by atoms with E-state index in [1.807, 2.05) is 45.6 Å². The van der Waals surface area contributed by atoms with Gasteiger partial charge in [0.25, 0.3) is 0 Å². The summed E-state index contributed by atoms with van der Waals surface area (Å²) < 4.78 is 11.3. The van der Waals surface area contributed by atoms with Crippen LogP contribution in [0.15, 0.2) is 57.5 Å². The maximum absolute atomic E-state index is 13.7. The van der Waals surface area contributed by atoms with Crippen molar-refractivity contribution < 1.29 is 28.4 Å². The van der Waals surface area contributed by atoms with Crippen molar-refractivity contribution in [2.24, 2.45) is 0 Å². The molecular formula is C35H40N6O6. The van der Waals surface area contributed by atoms with E-state index in [0.717, 1.165) is 16.5 Å². The molecular weight excluding hydrogens is 600 g/mol. The van der Waals surface area contributed by atoms with Gasteiger partial charge in [0, 0.05) is 72.2 Å². The van der Waals surface area contributed by atoms with Crippen LogP contribution in [0.5, 0.6) is 5.75 Å². The van der Waals surface area contributed by atoms with Crippen LogP contribution < -0.4 is 10.6 Å². The molecule has 1 aliphatic heterocycles. The second kappa shape index (κ2) is 12.6. The number of nitrogens with zero attached hydrogens (tertiary/aromatic N) is 3. The van der Waals surface area contributed by atoms with Gasteiger partial charge in [0.1, 0.15) is 17.3 Å². The minimum atomic E-state index is -0.426. The number of rotatable bonds is 7. The number of benzene rings is 1. The lowest BCUT2D eigenvalue weighted by molar-refractivity contribution is -0.127. The molecule has 3 aromatic heterocycles. The van der Waals surface area contributed by atoms with Gasteiger partial charge in [-0.3, -0.25) is 19.8 Å². The Morgan fingerprint density at radius 2 is 1.89 bits per heavy atom. The van der Waals surface area contributed by atoms with Crippen molar-refractivity contribution in [3.8, 4) is 5.75 Å². The van der Waals surface area contributed by atoms with E-state index >= 15 is 0 Å². The minimum Gasteiger partial charge on any atom is -0.508 e. The van der Waals surface area contributed by atoms with Gasteiger partial charge in [-0.15, -0.1) is 0 Å². The van der Waals surface area contributed by atoms with Crippen LogP contribution in [0.1, 0.15) is 79.4 Å². The van der Waals surface area contributed by atoms with Gasteiger partial charge in [-0.25, -0.2) is 4.79 Å². The van der Waals surface area contributed by atoms with Gasteiger partial charge in [0.15, 0.2) is 11.6 Å². The topological polar surface area (TPSA) is 157 Å². The molecule has 4 heterocycles. The van der Waals surface area contributed by atoms with Crippen molar-refractivity contribution in [1.29, 1.82) is 0 Å². The highest BCUT2D eigenvalue weighted by Crippen LogP contribution is 2.35. The number of H-pyrrole nitrogens is 1. The smallest absolute Gasteiger partial charge is 0.320 e. The average Bonchev–Trinajstić information content (AvgIpc) is 3.79. The first-order valence-electron chi connectivity index (χ1n) is 15.8. The number of aromatic nitrogens is 2. The number of urea groups is 1. The number of aromatic hydroxyl groups is 1. The average molecular weight is 641 g/mol. The van der Waals surface area contributed by atoms with E-state index in [0.29, 0.717) is 61.3 Å². The van der Waals surface area contributed by atoms with Crippen LogP contribution in [0.2, 0.25) is 0 Å². The fourth-order valence-electron chi connectivity index (χ4n) is 6.00. The lowest BCUT2D eigenvalue weighted by atomic mass is 9.88. The number of hydrogen-bond donors (Lipinski definition) is 4. The van der Waals surface area contributed by atoms with Crippen LogP contribution >= 0.6 is 0 Å². The van der Waals surface area contributed by atoms with Crippen LogP contribution in [-0.2, 0) is 16.8 Å². The second-order valence-electron chi connectivity index (χ2n) is 13.2. The zero-order valence-corrected chi connectivity index (χ0v) is 27.2. The highest BCUT2D eigenvalue weighted by atomic mass is 16.5. The number of fused-ring (bicyclic) bond motifs is 2. The molecule has 12 heteroatoms. The Hall–Kier alpha value is -5.10. The molecule has 1 fully saturated rings. The summed E-state index contributed by atoms with van der Waals surface area (Å²) in [6.07, 6.45) is 6.91. The van der Waals surface area contributed by atoms with Crippen molar-refractivity contribution in [2.45, 2.75) is 58.5 Å². The Bertz CT molecular complexity index is 1880. The molecule has 1 saturated heterocycles. The maximum atomic E-state index is 13.7. The van der Waals surface area contributed by atoms with E-state index in [4.69, 9.17) is 8.94 Å². The molecule has 0 bridgehead atoms. The van der Waals surface area contributed by atoms with Crippen molar-refractivity contribution in [3.63, 3.8) is 0 Å². The molecule has 246 valence electrons. The Kier molecular flexibility index (Phi) is 8.54. The van der Waals surface area contributed by atoms with E-state index in [1.165, 1.54) is 0 Å². The number of amides is 3. The van der Waals surface area contributed by atoms with Crippen LogP contribution in [0.25, 0.3) is 17.0 Å². The zero-order chi connectivity index (χ0) is 33.5. The van der Waals surface area contributed by atoms with Gasteiger partial charge >= 0.3 is 6.03 Å². The summed E-state index contributed by atoms with van der Waals surface area (Å²) in [4.78, 5) is 45.8. The van der Waals surface area contributed by atoms with Crippen molar-refractivity contribution in [2.75, 3.05) is 31.5 Å². The number of phenolic OH excluding ortho intramolecular Hbond substituents is 1. The first kappa shape index (κ1) is 31.9. The summed E-state index contributed by atoms with van der Waals surface area (Å²) in [6, 6.07) is 7.79. The largest absolute Gasteiger partial charge is 0.508 e. The summed E-state index contributed by atoms with van der Waals surface area (Å²) in [5.41, 5.74) is 2.35. The molecule has 4 aromatic rings. The van der Waals surface area contributed by atoms with Gasteiger partial charge in [-0.2, -0.15) is 0 Å². The van der Waals surface area contributed by atoms with E-state index in [1.54, 1.807) is 48.6 Å². The van der Waals surface area contributed by atoms with E-state index in [9.17, 15) is 19.5 Å². The molecule has 2 unspecified atom stereocenters. The van der Waals surface area contributed by atoms with Crippen LogP contribution in [0.4, 0.5) is 10.6 Å². The van der Waals surface area contributed by atoms with Crippen LogP contribution in [-0.4, -0.2) is 75.0 Å². The third-order valence-corrected chi connectivity index (χ3v) is 8.80. The van der Waals surface area contributed by atoms with Gasteiger partial charge in [0.2, 0.25) is 11.7 Å². The van der Waals surface area contributed by atoms with Crippen LogP contribution in [0.3, 0.4) is 0 Å². The first-order valence-corrected chi connectivity index (χ1v) is 15.8. The Balaban J connectivity index is 1.13. The molecule has 2 aliphatic rings. The number of allylic oxidation sites excluding steroid dienone is 1. The SMILES string of the molecule is C/C=C/C(=O)N1CCN(Cc2c(O)ccc3[nH]c(C(=O)c4cc5c(o4)C=CC(NC(=O)Nc4cc(C(C)(C)C)on4)C5C)cc23)CC1. The zero-order valence-electron chi connectivity index (χ0n) is 27.2. The third-order valence-electron chi connectivity index (χ3n) is 8.80. The Morgan fingerprint density at radius 1 is 1.13 bits per heavy atom. The molecule has 2 atom stereocenters.